The van der Waals surface area contributed by atoms with Gasteiger partial charge in [0.1, 0.15) is 11.5 Å². The van der Waals surface area contributed by atoms with Gasteiger partial charge in [-0.25, -0.2) is 9.78 Å². The highest BCUT2D eigenvalue weighted by Crippen LogP contribution is 2.44. The molecule has 0 saturated heterocycles. The van der Waals surface area contributed by atoms with Crippen LogP contribution in [-0.4, -0.2) is 41.2 Å². The molecule has 0 atom stereocenters. The number of thiazole rings is 1. The summed E-state index contributed by atoms with van der Waals surface area (Å²) in [6.45, 7) is 0.254. The monoisotopic (exact) mass is 491 g/mol. The highest BCUT2D eigenvalue weighted by molar-refractivity contribution is 7.17. The lowest BCUT2D eigenvalue weighted by molar-refractivity contribution is -0.148. The van der Waals surface area contributed by atoms with Crippen LogP contribution >= 0.6 is 11.3 Å². The molecule has 180 valence electrons. The van der Waals surface area contributed by atoms with E-state index in [9.17, 15) is 19.5 Å². The average molecular weight is 492 g/mol. The van der Waals surface area contributed by atoms with Crippen LogP contribution in [0.4, 0.5) is 9.93 Å². The van der Waals surface area contributed by atoms with Crippen molar-refractivity contribution in [1.29, 1.82) is 0 Å². The number of fused-ring (bicyclic) bond motifs is 3. The number of ether oxygens (including phenoxy) is 1. The maximum atomic E-state index is 12.5. The zero-order valence-corrected chi connectivity index (χ0v) is 19.8. The molecule has 0 spiro atoms. The van der Waals surface area contributed by atoms with Crippen LogP contribution in [0.1, 0.15) is 52.4 Å². The average Bonchev–Trinajstić information content (AvgIpc) is 3.60. The normalized spacial score (nSPS) is 15.8. The molecule has 9 heteroatoms. The minimum atomic E-state index is -0.900. The highest BCUT2D eigenvalue weighted by atomic mass is 32.1. The number of carboxylic acid groups (broad SMARTS) is 1. The lowest BCUT2D eigenvalue weighted by atomic mass is 9.86. The molecule has 0 aliphatic heterocycles. The number of nitrogens with one attached hydrogen (secondary N) is 2. The standard InChI is InChI=1S/C26H25N3O5S/c30-22(28-15-26(23(31)32)11-5-6-12-26)21-13-27-24(35-21)29-25(33)34-14-20-18-9-3-1-7-16(18)17-8-2-4-10-19(17)20/h1-4,7-10,13,20H,5-6,11-12,14-15H2,(H,28,30)(H,31,32)(H,27,29,33). The fourth-order valence-electron chi connectivity index (χ4n) is 5.01. The molecule has 0 radical (unpaired) electrons. The molecule has 8 nitrogen and oxygen atoms in total. The van der Waals surface area contributed by atoms with Crippen LogP contribution < -0.4 is 10.6 Å². The van der Waals surface area contributed by atoms with Crippen LogP contribution in [0.15, 0.2) is 54.7 Å². The van der Waals surface area contributed by atoms with Crippen LogP contribution in [0.3, 0.4) is 0 Å². The van der Waals surface area contributed by atoms with E-state index < -0.39 is 23.4 Å². The third-order valence-corrected chi connectivity index (χ3v) is 7.80. The van der Waals surface area contributed by atoms with Gasteiger partial charge in [-0.2, -0.15) is 0 Å². The number of aromatic nitrogens is 1. The van der Waals surface area contributed by atoms with E-state index in [1.165, 1.54) is 6.20 Å². The summed E-state index contributed by atoms with van der Waals surface area (Å²) in [6.07, 6.45) is 3.51. The van der Waals surface area contributed by atoms with Gasteiger partial charge < -0.3 is 15.2 Å². The second kappa shape index (κ2) is 9.50. The van der Waals surface area contributed by atoms with Crippen LogP contribution in [0.25, 0.3) is 11.1 Å². The zero-order valence-electron chi connectivity index (χ0n) is 19.0. The van der Waals surface area contributed by atoms with E-state index in [0.717, 1.165) is 46.4 Å². The van der Waals surface area contributed by atoms with Crippen LogP contribution in [0.5, 0.6) is 0 Å². The molecule has 35 heavy (non-hydrogen) atoms. The smallest absolute Gasteiger partial charge is 0.413 e. The van der Waals surface area contributed by atoms with Crippen molar-refractivity contribution in [3.05, 3.63) is 70.7 Å². The minimum absolute atomic E-state index is 0.0528. The van der Waals surface area contributed by atoms with Crippen molar-refractivity contribution in [2.24, 2.45) is 5.41 Å². The third-order valence-electron chi connectivity index (χ3n) is 6.88. The zero-order chi connectivity index (χ0) is 24.4. The van der Waals surface area contributed by atoms with E-state index in [-0.39, 0.29) is 29.1 Å². The topological polar surface area (TPSA) is 118 Å². The number of carbonyl (C=O) groups is 3. The van der Waals surface area contributed by atoms with Crippen LogP contribution in [0.2, 0.25) is 0 Å². The molecular formula is C26H25N3O5S. The lowest BCUT2D eigenvalue weighted by Gasteiger charge is -2.23. The number of hydrogen-bond acceptors (Lipinski definition) is 6. The molecular weight excluding hydrogens is 466 g/mol. The Kier molecular flexibility index (Phi) is 6.25. The predicted octanol–water partition coefficient (Wildman–Crippen LogP) is 4.88. The molecule has 3 aromatic rings. The Morgan fingerprint density at radius 1 is 1.03 bits per heavy atom. The molecule has 1 fully saturated rings. The molecule has 1 aromatic heterocycles. The van der Waals surface area contributed by atoms with Crippen molar-refractivity contribution in [2.45, 2.75) is 31.6 Å². The van der Waals surface area contributed by atoms with Gasteiger partial charge >= 0.3 is 12.1 Å². The van der Waals surface area contributed by atoms with Crippen LogP contribution in [-0.2, 0) is 9.53 Å². The van der Waals surface area contributed by atoms with Gasteiger partial charge in [0.2, 0.25) is 0 Å². The van der Waals surface area contributed by atoms with Crippen molar-refractivity contribution in [1.82, 2.24) is 10.3 Å². The van der Waals surface area contributed by atoms with Gasteiger partial charge in [0.15, 0.2) is 5.13 Å². The quantitative estimate of drug-likeness (QED) is 0.434. The molecule has 1 saturated carbocycles. The number of hydrogen-bond donors (Lipinski definition) is 3. The molecule has 2 amide bonds. The van der Waals surface area contributed by atoms with Gasteiger partial charge in [-0.15, -0.1) is 0 Å². The van der Waals surface area contributed by atoms with Gasteiger partial charge in [0.05, 0.1) is 11.6 Å². The van der Waals surface area contributed by atoms with Crippen molar-refractivity contribution in [2.75, 3.05) is 18.5 Å². The van der Waals surface area contributed by atoms with Gasteiger partial charge in [0.25, 0.3) is 5.91 Å². The number of benzene rings is 2. The van der Waals surface area contributed by atoms with Crippen molar-refractivity contribution in [3.63, 3.8) is 0 Å². The fraction of sp³-hybridized carbons (Fsp3) is 0.308. The predicted molar refractivity (Wildman–Crippen MR) is 132 cm³/mol. The first kappa shape index (κ1) is 23.0. The van der Waals surface area contributed by atoms with Crippen molar-refractivity contribution in [3.8, 4) is 11.1 Å². The number of aliphatic carboxylic acids is 1. The Bertz CT molecular complexity index is 1240. The fourth-order valence-corrected chi connectivity index (χ4v) is 5.73. The number of carbonyl (C=O) groups excluding carboxylic acids is 2. The number of anilines is 1. The van der Waals surface area contributed by atoms with Gasteiger partial charge in [-0.3, -0.25) is 14.9 Å². The summed E-state index contributed by atoms with van der Waals surface area (Å²) in [5.74, 6) is -1.34. The lowest BCUT2D eigenvalue weighted by Crippen LogP contribution is -2.41. The third kappa shape index (κ3) is 4.51. The van der Waals surface area contributed by atoms with Crippen LogP contribution in [0, 0.1) is 5.41 Å². The number of nitrogens with zero attached hydrogens (tertiary/aromatic N) is 1. The first-order valence-electron chi connectivity index (χ1n) is 11.6. The summed E-state index contributed by atoms with van der Waals surface area (Å²) in [5.41, 5.74) is 3.64. The first-order valence-corrected chi connectivity index (χ1v) is 12.4. The Labute approximate surface area is 206 Å². The van der Waals surface area contributed by atoms with E-state index in [0.29, 0.717) is 12.8 Å². The summed E-state index contributed by atoms with van der Waals surface area (Å²) in [6, 6.07) is 16.2. The molecule has 1 heterocycles. The molecule has 5 rings (SSSR count). The molecule has 3 N–H and O–H groups in total. The molecule has 2 aliphatic carbocycles. The number of amides is 2. The maximum Gasteiger partial charge on any atom is 0.413 e. The van der Waals surface area contributed by atoms with Gasteiger partial charge in [0, 0.05) is 12.5 Å². The summed E-state index contributed by atoms with van der Waals surface area (Å²) < 4.78 is 5.52. The molecule has 0 unspecified atom stereocenters. The Morgan fingerprint density at radius 2 is 1.66 bits per heavy atom. The minimum Gasteiger partial charge on any atom is -0.481 e. The largest absolute Gasteiger partial charge is 0.481 e. The molecule has 2 aliphatic rings. The number of rotatable bonds is 7. The van der Waals surface area contributed by atoms with E-state index >= 15 is 0 Å². The first-order chi connectivity index (χ1) is 17.0. The van der Waals surface area contributed by atoms with E-state index in [1.807, 2.05) is 36.4 Å². The van der Waals surface area contributed by atoms with E-state index in [4.69, 9.17) is 4.74 Å². The maximum absolute atomic E-state index is 12.5. The highest BCUT2D eigenvalue weighted by Gasteiger charge is 2.41. The molecule has 0 bridgehead atoms. The summed E-state index contributed by atoms with van der Waals surface area (Å²) in [5, 5.41) is 15.1. The van der Waals surface area contributed by atoms with Gasteiger partial charge in [-0.1, -0.05) is 72.7 Å². The molecule has 2 aromatic carbocycles. The Hall–Kier alpha value is -3.72. The van der Waals surface area contributed by atoms with E-state index in [2.05, 4.69) is 27.8 Å². The second-order valence-electron chi connectivity index (χ2n) is 8.96. The van der Waals surface area contributed by atoms with Crippen molar-refractivity contribution < 1.29 is 24.2 Å². The van der Waals surface area contributed by atoms with E-state index in [1.54, 1.807) is 0 Å². The van der Waals surface area contributed by atoms with Crippen molar-refractivity contribution >= 4 is 34.4 Å². The number of carboxylic acids is 1. The summed E-state index contributed by atoms with van der Waals surface area (Å²) in [4.78, 5) is 41.0. The second-order valence-corrected chi connectivity index (χ2v) is 9.99. The Balaban J connectivity index is 1.17. The summed E-state index contributed by atoms with van der Waals surface area (Å²) >= 11 is 1.01. The van der Waals surface area contributed by atoms with Gasteiger partial charge in [-0.05, 0) is 35.1 Å². The SMILES string of the molecule is O=C(Nc1ncc(C(=O)NCC2(C(=O)O)CCCC2)s1)OCC1c2ccccc2-c2ccccc21. The Morgan fingerprint density at radius 3 is 2.29 bits per heavy atom. The summed E-state index contributed by atoms with van der Waals surface area (Å²) in [7, 11) is 0.